The number of imide groups is 1. The second kappa shape index (κ2) is 8.95. The minimum atomic E-state index is -1.31. The summed E-state index contributed by atoms with van der Waals surface area (Å²) in [5, 5.41) is 12.8. The number of phenols is 1. The number of hydrogen-bond donors (Lipinski definition) is 3. The van der Waals surface area contributed by atoms with E-state index in [2.05, 4.69) is 10.7 Å². The number of carbonyl (C=O) groups is 3. The molecule has 0 bridgehead atoms. The van der Waals surface area contributed by atoms with Crippen molar-refractivity contribution in [1.29, 1.82) is 0 Å². The number of aromatic hydroxyl groups is 1. The molecule has 1 atom stereocenters. The van der Waals surface area contributed by atoms with Crippen LogP contribution in [-0.4, -0.2) is 59.6 Å². The third-order valence-electron chi connectivity index (χ3n) is 5.97. The normalized spacial score (nSPS) is 20.9. The summed E-state index contributed by atoms with van der Waals surface area (Å²) in [7, 11) is 1.52. The molecule has 4 rings (SSSR count). The predicted octanol–water partition coefficient (Wildman–Crippen LogP) is 1.99. The Morgan fingerprint density at radius 1 is 1.21 bits per heavy atom. The maximum atomic E-state index is 13.0. The van der Waals surface area contributed by atoms with E-state index in [1.54, 1.807) is 43.3 Å². The van der Waals surface area contributed by atoms with E-state index in [-0.39, 0.29) is 12.3 Å². The SMILES string of the molecule is COc1cccc(C2(C)NC(=O)N(NC(=O)CN3CC=C(c4ccc(O)cc4)CC3)C2=O)c1. The van der Waals surface area contributed by atoms with Crippen molar-refractivity contribution in [1.82, 2.24) is 20.7 Å². The van der Waals surface area contributed by atoms with E-state index in [0.29, 0.717) is 24.4 Å². The summed E-state index contributed by atoms with van der Waals surface area (Å²) in [6.45, 7) is 2.85. The zero-order valence-electron chi connectivity index (χ0n) is 18.5. The van der Waals surface area contributed by atoms with E-state index in [0.717, 1.165) is 22.6 Å². The van der Waals surface area contributed by atoms with Crippen molar-refractivity contribution in [2.24, 2.45) is 0 Å². The van der Waals surface area contributed by atoms with Crippen LogP contribution in [0.4, 0.5) is 4.79 Å². The maximum absolute atomic E-state index is 13.0. The van der Waals surface area contributed by atoms with Crippen molar-refractivity contribution < 1.29 is 24.2 Å². The van der Waals surface area contributed by atoms with Crippen LogP contribution in [0.3, 0.4) is 0 Å². The molecule has 3 N–H and O–H groups in total. The van der Waals surface area contributed by atoms with Crippen LogP contribution in [0.25, 0.3) is 5.57 Å². The quantitative estimate of drug-likeness (QED) is 0.581. The van der Waals surface area contributed by atoms with E-state index in [1.165, 1.54) is 7.11 Å². The fourth-order valence-electron chi connectivity index (χ4n) is 4.03. The van der Waals surface area contributed by atoms with Gasteiger partial charge in [-0.15, -0.1) is 0 Å². The largest absolute Gasteiger partial charge is 0.508 e. The molecule has 2 heterocycles. The molecule has 33 heavy (non-hydrogen) atoms. The number of rotatable bonds is 6. The fourth-order valence-corrected chi connectivity index (χ4v) is 4.03. The molecule has 2 aliphatic heterocycles. The molecule has 172 valence electrons. The second-order valence-corrected chi connectivity index (χ2v) is 8.22. The standard InChI is InChI=1S/C24H26N4O5/c1-24(18-4-3-5-20(14-18)33-2)22(31)28(23(32)25-24)26-21(30)15-27-12-10-17(11-13-27)16-6-8-19(29)9-7-16/h3-10,14,29H,11-13,15H2,1-2H3,(H,25,32)(H,26,30). The minimum absolute atomic E-state index is 0.0479. The predicted molar refractivity (Wildman–Crippen MR) is 121 cm³/mol. The van der Waals surface area contributed by atoms with Gasteiger partial charge in [-0.3, -0.25) is 19.9 Å². The van der Waals surface area contributed by atoms with E-state index in [4.69, 9.17) is 4.74 Å². The molecule has 1 saturated heterocycles. The molecule has 4 amide bonds. The van der Waals surface area contributed by atoms with Crippen LogP contribution in [0.5, 0.6) is 11.5 Å². The Bertz CT molecular complexity index is 1110. The number of carbonyl (C=O) groups excluding carboxylic acids is 3. The van der Waals surface area contributed by atoms with Gasteiger partial charge in [0.15, 0.2) is 0 Å². The summed E-state index contributed by atoms with van der Waals surface area (Å²) >= 11 is 0. The lowest BCUT2D eigenvalue weighted by Crippen LogP contribution is -2.51. The third kappa shape index (κ3) is 4.54. The molecule has 2 aliphatic rings. The second-order valence-electron chi connectivity index (χ2n) is 8.22. The van der Waals surface area contributed by atoms with Crippen molar-refractivity contribution >= 4 is 23.4 Å². The van der Waals surface area contributed by atoms with Crippen molar-refractivity contribution in [2.75, 3.05) is 26.7 Å². The van der Waals surface area contributed by atoms with Crippen LogP contribution in [0.1, 0.15) is 24.5 Å². The third-order valence-corrected chi connectivity index (χ3v) is 5.97. The number of hydrazine groups is 1. The first-order chi connectivity index (χ1) is 15.8. The first-order valence-corrected chi connectivity index (χ1v) is 10.6. The zero-order valence-corrected chi connectivity index (χ0v) is 18.5. The minimum Gasteiger partial charge on any atom is -0.508 e. The summed E-state index contributed by atoms with van der Waals surface area (Å²) in [5.41, 5.74) is 3.86. The number of benzene rings is 2. The summed E-state index contributed by atoms with van der Waals surface area (Å²) in [4.78, 5) is 40.1. The summed E-state index contributed by atoms with van der Waals surface area (Å²) in [5.74, 6) is -0.239. The van der Waals surface area contributed by atoms with Gasteiger partial charge in [-0.2, -0.15) is 5.01 Å². The van der Waals surface area contributed by atoms with Crippen LogP contribution < -0.4 is 15.5 Å². The molecule has 1 unspecified atom stereocenters. The van der Waals surface area contributed by atoms with Crippen molar-refractivity contribution in [3.63, 3.8) is 0 Å². The van der Waals surface area contributed by atoms with Crippen LogP contribution in [0, 0.1) is 0 Å². The van der Waals surface area contributed by atoms with Crippen LogP contribution in [0.15, 0.2) is 54.6 Å². The molecular weight excluding hydrogens is 424 g/mol. The highest BCUT2D eigenvalue weighted by molar-refractivity contribution is 6.08. The number of methoxy groups -OCH3 is 1. The number of phenolic OH excluding ortho intramolecular Hbond substituents is 1. The Labute approximate surface area is 191 Å². The Morgan fingerprint density at radius 3 is 2.64 bits per heavy atom. The van der Waals surface area contributed by atoms with Gasteiger partial charge in [0.05, 0.1) is 13.7 Å². The fraction of sp³-hybridized carbons (Fsp3) is 0.292. The van der Waals surface area contributed by atoms with Crippen LogP contribution in [-0.2, 0) is 15.1 Å². The van der Waals surface area contributed by atoms with Crippen molar-refractivity contribution in [3.05, 3.63) is 65.7 Å². The van der Waals surface area contributed by atoms with E-state index in [9.17, 15) is 19.5 Å². The lowest BCUT2D eigenvalue weighted by molar-refractivity contribution is -0.139. The van der Waals surface area contributed by atoms with Crippen LogP contribution >= 0.6 is 0 Å². The average molecular weight is 450 g/mol. The lowest BCUT2D eigenvalue weighted by Gasteiger charge is -2.27. The van der Waals surface area contributed by atoms with Gasteiger partial charge in [0.1, 0.15) is 17.0 Å². The summed E-state index contributed by atoms with van der Waals surface area (Å²) in [6, 6.07) is 13.2. The number of hydrogen-bond acceptors (Lipinski definition) is 6. The zero-order chi connectivity index (χ0) is 23.6. The Kier molecular flexibility index (Phi) is 6.06. The first kappa shape index (κ1) is 22.3. The van der Waals surface area contributed by atoms with Crippen LogP contribution in [0.2, 0.25) is 0 Å². The number of amides is 4. The molecule has 9 heteroatoms. The van der Waals surface area contributed by atoms with E-state index < -0.39 is 23.4 Å². The molecule has 2 aromatic rings. The molecule has 2 aromatic carbocycles. The number of nitrogens with zero attached hydrogens (tertiary/aromatic N) is 2. The molecule has 0 aliphatic carbocycles. The lowest BCUT2D eigenvalue weighted by atomic mass is 9.92. The average Bonchev–Trinajstić information content (AvgIpc) is 3.04. The van der Waals surface area contributed by atoms with E-state index >= 15 is 0 Å². The van der Waals surface area contributed by atoms with Gasteiger partial charge in [-0.1, -0.05) is 30.3 Å². The molecule has 0 aromatic heterocycles. The number of nitrogens with one attached hydrogen (secondary N) is 2. The van der Waals surface area contributed by atoms with E-state index in [1.807, 2.05) is 23.1 Å². The molecule has 0 radical (unpaired) electrons. The number of ether oxygens (including phenoxy) is 1. The molecule has 1 fully saturated rings. The van der Waals surface area contributed by atoms with Gasteiger partial charge in [0, 0.05) is 13.1 Å². The van der Waals surface area contributed by atoms with Crippen molar-refractivity contribution in [2.45, 2.75) is 18.9 Å². The summed E-state index contributed by atoms with van der Waals surface area (Å²) in [6.07, 6.45) is 2.78. The highest BCUT2D eigenvalue weighted by Gasteiger charge is 2.50. The number of urea groups is 1. The topological polar surface area (TPSA) is 111 Å². The smallest absolute Gasteiger partial charge is 0.344 e. The maximum Gasteiger partial charge on any atom is 0.344 e. The first-order valence-electron chi connectivity index (χ1n) is 10.6. The Morgan fingerprint density at radius 2 is 1.97 bits per heavy atom. The molecular formula is C24H26N4O5. The van der Waals surface area contributed by atoms with Gasteiger partial charge >= 0.3 is 6.03 Å². The monoisotopic (exact) mass is 450 g/mol. The highest BCUT2D eigenvalue weighted by Crippen LogP contribution is 2.30. The van der Waals surface area contributed by atoms with Gasteiger partial charge in [0.2, 0.25) is 0 Å². The molecule has 0 spiro atoms. The Hall–Kier alpha value is -3.85. The highest BCUT2D eigenvalue weighted by atomic mass is 16.5. The van der Waals surface area contributed by atoms with Gasteiger partial charge in [-0.05, 0) is 54.3 Å². The molecule has 9 nitrogen and oxygen atoms in total. The van der Waals surface area contributed by atoms with Gasteiger partial charge in [-0.25, -0.2) is 4.79 Å². The summed E-state index contributed by atoms with van der Waals surface area (Å²) < 4.78 is 5.21. The molecule has 0 saturated carbocycles. The Balaban J connectivity index is 1.37. The van der Waals surface area contributed by atoms with Gasteiger partial charge in [0.25, 0.3) is 11.8 Å². The van der Waals surface area contributed by atoms with Gasteiger partial charge < -0.3 is 15.2 Å². The van der Waals surface area contributed by atoms with Crippen molar-refractivity contribution in [3.8, 4) is 11.5 Å².